The summed E-state index contributed by atoms with van der Waals surface area (Å²) in [6.45, 7) is 10.9. The van der Waals surface area contributed by atoms with Crippen molar-refractivity contribution in [3.05, 3.63) is 108 Å². The third kappa shape index (κ3) is 12.4. The number of nitrogens with zero attached hydrogens (tertiary/aromatic N) is 1. The van der Waals surface area contributed by atoms with Crippen molar-refractivity contribution in [2.24, 2.45) is 5.92 Å². The lowest BCUT2D eigenvalue weighted by atomic mass is 9.76. The predicted octanol–water partition coefficient (Wildman–Crippen LogP) is 4.95. The van der Waals surface area contributed by atoms with Crippen molar-refractivity contribution >= 4 is 35.7 Å². The summed E-state index contributed by atoms with van der Waals surface area (Å²) in [6.07, 6.45) is -0.257. The molecule has 322 valence electrons. The third-order valence-corrected chi connectivity index (χ3v) is 10.3. The van der Waals surface area contributed by atoms with Gasteiger partial charge in [0.1, 0.15) is 16.7 Å². The smallest absolute Gasteiger partial charge is 0.410 e. The van der Waals surface area contributed by atoms with Gasteiger partial charge in [-0.1, -0.05) is 91.0 Å². The Morgan fingerprint density at radius 2 is 1.27 bits per heavy atom. The average molecular weight is 825 g/mol. The second kappa shape index (κ2) is 19.5. The summed E-state index contributed by atoms with van der Waals surface area (Å²) in [5.41, 5.74) is -1.02. The van der Waals surface area contributed by atoms with Gasteiger partial charge in [0, 0.05) is 39.0 Å². The van der Waals surface area contributed by atoms with Crippen LogP contribution in [0.1, 0.15) is 90.3 Å². The Kier molecular flexibility index (Phi) is 14.8. The number of ketones is 1. The van der Waals surface area contributed by atoms with Gasteiger partial charge in [-0.2, -0.15) is 0 Å². The van der Waals surface area contributed by atoms with Crippen molar-refractivity contribution in [2.45, 2.75) is 102 Å². The van der Waals surface area contributed by atoms with E-state index >= 15 is 0 Å². The number of carbonyl (C=O) groups is 6. The first-order valence-electron chi connectivity index (χ1n) is 20.7. The van der Waals surface area contributed by atoms with E-state index in [1.54, 1.807) is 41.5 Å². The molecule has 0 aliphatic carbocycles. The minimum atomic E-state index is -1.13. The first-order chi connectivity index (χ1) is 28.4. The molecule has 2 aliphatic rings. The quantitative estimate of drug-likeness (QED) is 0.132. The van der Waals surface area contributed by atoms with E-state index in [9.17, 15) is 28.8 Å². The SMILES string of the molecule is CC(C)(C)OC(=O)NCCCC[C@@H]1NC2(CNC(=O)[C@H](CC(=O)NC(c3ccccc3)(c3ccccc3)c3ccccc3)CC(=O)CNC1=O)CN(C(=O)OC(C)(C)C)C2. The fourth-order valence-electron chi connectivity index (χ4n) is 7.59. The van der Waals surface area contributed by atoms with Crippen LogP contribution in [0.25, 0.3) is 0 Å². The van der Waals surface area contributed by atoms with Crippen LogP contribution in [-0.2, 0) is 34.2 Å². The number of rotatable bonds is 11. The van der Waals surface area contributed by atoms with Gasteiger partial charge in [0.2, 0.25) is 17.7 Å². The molecule has 2 aliphatic heterocycles. The van der Waals surface area contributed by atoms with Crippen molar-refractivity contribution in [2.75, 3.05) is 32.7 Å². The maximum Gasteiger partial charge on any atom is 0.410 e. The number of likely N-dealkylation sites (tertiary alicyclic amines) is 1. The van der Waals surface area contributed by atoms with E-state index in [4.69, 9.17) is 9.47 Å². The van der Waals surface area contributed by atoms with Crippen LogP contribution in [-0.4, -0.2) is 96.1 Å². The zero-order valence-corrected chi connectivity index (χ0v) is 35.6. The molecule has 2 atom stereocenters. The Morgan fingerprint density at radius 3 is 1.78 bits per heavy atom. The highest BCUT2D eigenvalue weighted by Gasteiger charge is 2.49. The monoisotopic (exact) mass is 824 g/mol. The Balaban J connectivity index is 1.36. The number of alkyl carbamates (subject to hydrolysis) is 1. The molecule has 0 bridgehead atoms. The van der Waals surface area contributed by atoms with Crippen LogP contribution < -0.4 is 26.6 Å². The number of unbranched alkanes of at least 4 members (excludes halogenated alkanes) is 1. The molecule has 5 rings (SSSR count). The third-order valence-electron chi connectivity index (χ3n) is 10.3. The first kappa shape index (κ1) is 45.3. The number of ether oxygens (including phenoxy) is 2. The van der Waals surface area contributed by atoms with E-state index in [1.165, 1.54) is 4.90 Å². The molecule has 0 unspecified atom stereocenters. The van der Waals surface area contributed by atoms with E-state index in [0.717, 1.165) is 16.7 Å². The summed E-state index contributed by atoms with van der Waals surface area (Å²) in [6, 6.07) is 28.0. The van der Waals surface area contributed by atoms with Crippen molar-refractivity contribution < 1.29 is 38.2 Å². The van der Waals surface area contributed by atoms with Crippen LogP contribution in [0, 0.1) is 5.92 Å². The normalized spacial score (nSPS) is 18.8. The van der Waals surface area contributed by atoms with Crippen LogP contribution in [0.2, 0.25) is 0 Å². The van der Waals surface area contributed by atoms with Crippen LogP contribution in [0.5, 0.6) is 0 Å². The van der Waals surface area contributed by atoms with E-state index in [-0.39, 0.29) is 39.0 Å². The van der Waals surface area contributed by atoms with Gasteiger partial charge in [0.15, 0.2) is 5.78 Å². The number of amides is 5. The molecule has 0 radical (unpaired) electrons. The van der Waals surface area contributed by atoms with Gasteiger partial charge < -0.3 is 35.6 Å². The second-order valence-corrected chi connectivity index (χ2v) is 17.7. The Hall–Kier alpha value is -5.76. The van der Waals surface area contributed by atoms with Crippen LogP contribution >= 0.6 is 0 Å². The fourth-order valence-corrected chi connectivity index (χ4v) is 7.59. The van der Waals surface area contributed by atoms with Gasteiger partial charge in [0.05, 0.1) is 24.0 Å². The van der Waals surface area contributed by atoms with Gasteiger partial charge in [-0.15, -0.1) is 0 Å². The van der Waals surface area contributed by atoms with Gasteiger partial charge >= 0.3 is 12.2 Å². The Morgan fingerprint density at radius 1 is 0.733 bits per heavy atom. The molecular formula is C46H60N6O8. The molecule has 3 aromatic rings. The lowest BCUT2D eigenvalue weighted by Crippen LogP contribution is -2.76. The summed E-state index contributed by atoms with van der Waals surface area (Å²) in [5, 5.41) is 15.1. The largest absolute Gasteiger partial charge is 0.444 e. The van der Waals surface area contributed by atoms with Crippen LogP contribution in [0.15, 0.2) is 91.0 Å². The Bertz CT molecular complexity index is 1860. The van der Waals surface area contributed by atoms with Crippen molar-refractivity contribution in [3.8, 4) is 0 Å². The summed E-state index contributed by atoms with van der Waals surface area (Å²) in [7, 11) is 0. The zero-order chi connectivity index (χ0) is 43.6. The number of nitrogens with one attached hydrogen (secondary N) is 5. The van der Waals surface area contributed by atoms with Gasteiger partial charge in [0.25, 0.3) is 0 Å². The van der Waals surface area contributed by atoms with Crippen LogP contribution in [0.4, 0.5) is 9.59 Å². The summed E-state index contributed by atoms with van der Waals surface area (Å²) >= 11 is 0. The summed E-state index contributed by atoms with van der Waals surface area (Å²) < 4.78 is 10.9. The number of Topliss-reactive ketones (excluding diaryl/α,β-unsaturated/α-hetero) is 1. The molecule has 14 heteroatoms. The molecule has 2 fully saturated rings. The number of hydrogen-bond acceptors (Lipinski definition) is 9. The van der Waals surface area contributed by atoms with Crippen molar-refractivity contribution in [3.63, 3.8) is 0 Å². The maximum absolute atomic E-state index is 14.4. The molecule has 0 aromatic heterocycles. The highest BCUT2D eigenvalue weighted by atomic mass is 16.6. The van der Waals surface area contributed by atoms with Crippen LogP contribution in [0.3, 0.4) is 0 Å². The average Bonchev–Trinajstić information content (AvgIpc) is 3.17. The molecular weight excluding hydrogens is 765 g/mol. The lowest BCUT2D eigenvalue weighted by Gasteiger charge is -2.51. The summed E-state index contributed by atoms with van der Waals surface area (Å²) in [5.74, 6) is -2.85. The second-order valence-electron chi connectivity index (χ2n) is 17.7. The van der Waals surface area contributed by atoms with E-state index in [0.29, 0.717) is 25.8 Å². The van der Waals surface area contributed by atoms with E-state index in [2.05, 4.69) is 26.6 Å². The minimum absolute atomic E-state index is 0.00338. The standard InChI is InChI=1S/C46H60N6O8/c1-43(2,3)59-41(57)47-25-17-16-24-37-40(56)48-28-36(53)26-32(39(55)49-29-45(50-37)30-52(31-45)42(58)60-44(4,5)6)27-38(54)51-46(33-18-10-7-11-19-33,34-20-12-8-13-21-34)35-22-14-9-15-23-35/h7-15,18-23,32,37,50H,16-17,24-31H2,1-6H3,(H,47,57)(H,48,56)(H,49,55)(H,51,54)/t32-,37-/m0/s1. The highest BCUT2D eigenvalue weighted by Crippen LogP contribution is 2.37. The fraction of sp³-hybridized carbons (Fsp3) is 0.478. The molecule has 0 saturated carbocycles. The molecule has 5 amide bonds. The maximum atomic E-state index is 14.4. The number of carbonyl (C=O) groups excluding carboxylic acids is 6. The molecule has 5 N–H and O–H groups in total. The first-order valence-corrected chi connectivity index (χ1v) is 20.7. The van der Waals surface area contributed by atoms with Gasteiger partial charge in [-0.25, -0.2) is 9.59 Å². The molecule has 14 nitrogen and oxygen atoms in total. The molecule has 2 saturated heterocycles. The highest BCUT2D eigenvalue weighted by molar-refractivity contribution is 5.94. The number of benzene rings is 3. The van der Waals surface area contributed by atoms with Gasteiger partial charge in [-0.3, -0.25) is 24.5 Å². The molecule has 2 heterocycles. The van der Waals surface area contributed by atoms with Gasteiger partial charge in [-0.05, 0) is 77.5 Å². The van der Waals surface area contributed by atoms with E-state index < -0.39 is 69.9 Å². The summed E-state index contributed by atoms with van der Waals surface area (Å²) in [4.78, 5) is 82.4. The van der Waals surface area contributed by atoms with E-state index in [1.807, 2.05) is 91.0 Å². The molecule has 60 heavy (non-hydrogen) atoms. The zero-order valence-electron chi connectivity index (χ0n) is 35.6. The van der Waals surface area contributed by atoms with Crippen molar-refractivity contribution in [1.82, 2.24) is 31.5 Å². The molecule has 3 aromatic carbocycles. The number of hydrogen-bond donors (Lipinski definition) is 5. The molecule has 1 spiro atoms. The topological polar surface area (TPSA) is 184 Å². The van der Waals surface area contributed by atoms with Crippen molar-refractivity contribution in [1.29, 1.82) is 0 Å². The Labute approximate surface area is 352 Å². The lowest BCUT2D eigenvalue weighted by molar-refractivity contribution is -0.135. The minimum Gasteiger partial charge on any atom is -0.444 e. The predicted molar refractivity (Wildman–Crippen MR) is 227 cm³/mol.